The van der Waals surface area contributed by atoms with Crippen LogP contribution in [-0.2, 0) is 6.54 Å². The molecule has 1 aromatic carbocycles. The number of hydrogen-bond acceptors (Lipinski definition) is 2. The first-order valence-electron chi connectivity index (χ1n) is 6.61. The van der Waals surface area contributed by atoms with Gasteiger partial charge in [0.25, 0.3) is 0 Å². The summed E-state index contributed by atoms with van der Waals surface area (Å²) in [6.45, 7) is 6.70. The largest absolute Gasteiger partial charge is 0.395 e. The van der Waals surface area contributed by atoms with Crippen LogP contribution in [0.2, 0.25) is 0 Å². The molecule has 0 bridgehead atoms. The zero-order valence-corrected chi connectivity index (χ0v) is 10.9. The van der Waals surface area contributed by atoms with E-state index in [1.165, 1.54) is 29.5 Å². The van der Waals surface area contributed by atoms with Crippen molar-refractivity contribution in [2.24, 2.45) is 0 Å². The molecule has 1 fully saturated rings. The van der Waals surface area contributed by atoms with E-state index in [2.05, 4.69) is 36.9 Å². The molecule has 1 aliphatic rings. The highest BCUT2D eigenvalue weighted by Crippen LogP contribution is 2.20. The topological polar surface area (TPSA) is 23.5 Å². The van der Waals surface area contributed by atoms with E-state index in [1.54, 1.807) is 0 Å². The maximum atomic E-state index is 9.41. The molecule has 1 heterocycles. The molecule has 1 atom stereocenters. The molecule has 1 N–H and O–H groups in total. The first-order valence-corrected chi connectivity index (χ1v) is 6.61. The lowest BCUT2D eigenvalue weighted by atomic mass is 10.0. The number of aliphatic hydroxyl groups is 1. The summed E-state index contributed by atoms with van der Waals surface area (Å²) in [5.74, 6) is 0. The summed E-state index contributed by atoms with van der Waals surface area (Å²) in [4.78, 5) is 2.43. The van der Waals surface area contributed by atoms with Crippen LogP contribution < -0.4 is 0 Å². The maximum Gasteiger partial charge on any atom is 0.0586 e. The Balaban J connectivity index is 2.08. The highest BCUT2D eigenvalue weighted by Gasteiger charge is 2.21. The Morgan fingerprint density at radius 1 is 1.18 bits per heavy atom. The van der Waals surface area contributed by atoms with Crippen molar-refractivity contribution < 1.29 is 5.11 Å². The fourth-order valence-electron chi connectivity index (χ4n) is 2.87. The molecule has 2 rings (SSSR count). The van der Waals surface area contributed by atoms with Gasteiger partial charge >= 0.3 is 0 Å². The number of hydrogen-bond donors (Lipinski definition) is 1. The number of likely N-dealkylation sites (tertiary alicyclic amines) is 1. The fraction of sp³-hybridized carbons (Fsp3) is 0.600. The number of aliphatic hydroxyl groups excluding tert-OH is 1. The number of rotatable bonds is 3. The molecule has 2 heteroatoms. The van der Waals surface area contributed by atoms with Gasteiger partial charge in [0.2, 0.25) is 0 Å². The molecular formula is C15H23NO. The molecule has 0 aromatic heterocycles. The Morgan fingerprint density at radius 2 is 1.88 bits per heavy atom. The van der Waals surface area contributed by atoms with E-state index in [4.69, 9.17) is 0 Å². The standard InChI is InChI=1S/C15H23NO/c1-12-7-13(2)9-14(8-12)10-16-6-4-3-5-15(16)11-17/h7-9,15,17H,3-6,10-11H2,1-2H3. The summed E-state index contributed by atoms with van der Waals surface area (Å²) >= 11 is 0. The number of piperidine rings is 1. The Kier molecular flexibility index (Phi) is 4.19. The Morgan fingerprint density at radius 3 is 2.53 bits per heavy atom. The second kappa shape index (κ2) is 5.65. The van der Waals surface area contributed by atoms with E-state index in [0.717, 1.165) is 19.5 Å². The average molecular weight is 233 g/mol. The molecule has 0 amide bonds. The zero-order chi connectivity index (χ0) is 12.3. The van der Waals surface area contributed by atoms with Crippen LogP contribution in [0, 0.1) is 13.8 Å². The van der Waals surface area contributed by atoms with Crippen LogP contribution in [0.1, 0.15) is 36.0 Å². The minimum Gasteiger partial charge on any atom is -0.395 e. The van der Waals surface area contributed by atoms with Gasteiger partial charge in [0.15, 0.2) is 0 Å². The van der Waals surface area contributed by atoms with Crippen molar-refractivity contribution in [3.8, 4) is 0 Å². The van der Waals surface area contributed by atoms with Crippen LogP contribution in [-0.4, -0.2) is 29.2 Å². The van der Waals surface area contributed by atoms with Crippen LogP contribution in [0.4, 0.5) is 0 Å². The van der Waals surface area contributed by atoms with Crippen LogP contribution in [0.5, 0.6) is 0 Å². The molecular weight excluding hydrogens is 210 g/mol. The van der Waals surface area contributed by atoms with Crippen molar-refractivity contribution in [1.29, 1.82) is 0 Å². The molecule has 0 aliphatic carbocycles. The minimum absolute atomic E-state index is 0.296. The van der Waals surface area contributed by atoms with Gasteiger partial charge in [-0.2, -0.15) is 0 Å². The van der Waals surface area contributed by atoms with Crippen LogP contribution >= 0.6 is 0 Å². The van der Waals surface area contributed by atoms with Gasteiger partial charge < -0.3 is 5.11 Å². The smallest absolute Gasteiger partial charge is 0.0586 e. The summed E-state index contributed by atoms with van der Waals surface area (Å²) < 4.78 is 0. The molecule has 0 spiro atoms. The van der Waals surface area contributed by atoms with Crippen molar-refractivity contribution in [1.82, 2.24) is 4.90 Å². The summed E-state index contributed by atoms with van der Waals surface area (Å²) in [6.07, 6.45) is 3.66. The van der Waals surface area contributed by atoms with Crippen LogP contribution in [0.3, 0.4) is 0 Å². The minimum atomic E-state index is 0.296. The molecule has 2 nitrogen and oxygen atoms in total. The first-order chi connectivity index (χ1) is 8.19. The molecule has 0 radical (unpaired) electrons. The van der Waals surface area contributed by atoms with Gasteiger partial charge in [-0.15, -0.1) is 0 Å². The average Bonchev–Trinajstić information content (AvgIpc) is 2.28. The lowest BCUT2D eigenvalue weighted by Gasteiger charge is -2.34. The SMILES string of the molecule is Cc1cc(C)cc(CN2CCCCC2CO)c1. The van der Waals surface area contributed by atoms with Gasteiger partial charge in [0.05, 0.1) is 6.61 Å². The number of nitrogens with zero attached hydrogens (tertiary/aromatic N) is 1. The molecule has 1 unspecified atom stereocenters. The third-order valence-electron chi connectivity index (χ3n) is 3.63. The second-order valence-corrected chi connectivity index (χ2v) is 5.30. The monoisotopic (exact) mass is 233 g/mol. The van der Waals surface area contributed by atoms with E-state index in [9.17, 15) is 5.11 Å². The lowest BCUT2D eigenvalue weighted by Crippen LogP contribution is -2.41. The normalized spacial score (nSPS) is 21.7. The van der Waals surface area contributed by atoms with Gasteiger partial charge in [-0.3, -0.25) is 4.90 Å². The van der Waals surface area contributed by atoms with Crippen molar-refractivity contribution in [3.63, 3.8) is 0 Å². The predicted octanol–water partition coefficient (Wildman–Crippen LogP) is 2.65. The zero-order valence-electron chi connectivity index (χ0n) is 10.9. The summed E-state index contributed by atoms with van der Waals surface area (Å²) in [5, 5.41) is 9.41. The third kappa shape index (κ3) is 3.30. The van der Waals surface area contributed by atoms with Gasteiger partial charge in [-0.1, -0.05) is 35.7 Å². The quantitative estimate of drug-likeness (QED) is 0.867. The molecule has 17 heavy (non-hydrogen) atoms. The van der Waals surface area contributed by atoms with Crippen molar-refractivity contribution in [2.45, 2.75) is 45.7 Å². The van der Waals surface area contributed by atoms with Crippen molar-refractivity contribution in [2.75, 3.05) is 13.2 Å². The number of benzene rings is 1. The van der Waals surface area contributed by atoms with Gasteiger partial charge in [0, 0.05) is 12.6 Å². The third-order valence-corrected chi connectivity index (χ3v) is 3.63. The highest BCUT2D eigenvalue weighted by atomic mass is 16.3. The Labute approximate surface area is 104 Å². The van der Waals surface area contributed by atoms with E-state index < -0.39 is 0 Å². The molecule has 94 valence electrons. The summed E-state index contributed by atoms with van der Waals surface area (Å²) in [7, 11) is 0. The summed E-state index contributed by atoms with van der Waals surface area (Å²) in [6, 6.07) is 7.10. The van der Waals surface area contributed by atoms with Crippen LogP contribution in [0.15, 0.2) is 18.2 Å². The maximum absolute atomic E-state index is 9.41. The van der Waals surface area contributed by atoms with Crippen molar-refractivity contribution in [3.05, 3.63) is 34.9 Å². The van der Waals surface area contributed by atoms with Gasteiger partial charge in [-0.05, 0) is 38.8 Å². The fourth-order valence-corrected chi connectivity index (χ4v) is 2.87. The first kappa shape index (κ1) is 12.6. The highest BCUT2D eigenvalue weighted by molar-refractivity contribution is 5.28. The van der Waals surface area contributed by atoms with E-state index in [-0.39, 0.29) is 0 Å². The lowest BCUT2D eigenvalue weighted by molar-refractivity contribution is 0.0841. The van der Waals surface area contributed by atoms with E-state index >= 15 is 0 Å². The molecule has 1 saturated heterocycles. The molecule has 1 aliphatic heterocycles. The number of aryl methyl sites for hydroxylation is 2. The summed E-state index contributed by atoms with van der Waals surface area (Å²) in [5.41, 5.74) is 4.04. The van der Waals surface area contributed by atoms with E-state index in [1.807, 2.05) is 0 Å². The second-order valence-electron chi connectivity index (χ2n) is 5.30. The molecule has 1 aromatic rings. The van der Waals surface area contributed by atoms with Gasteiger partial charge in [0.1, 0.15) is 0 Å². The van der Waals surface area contributed by atoms with E-state index in [0.29, 0.717) is 12.6 Å². The van der Waals surface area contributed by atoms with Crippen LogP contribution in [0.25, 0.3) is 0 Å². The Hall–Kier alpha value is -0.860. The Bertz CT molecular complexity index is 355. The van der Waals surface area contributed by atoms with Crippen molar-refractivity contribution >= 4 is 0 Å². The molecule has 0 saturated carbocycles. The predicted molar refractivity (Wildman–Crippen MR) is 71.1 cm³/mol. The van der Waals surface area contributed by atoms with Gasteiger partial charge in [-0.25, -0.2) is 0 Å².